The van der Waals surface area contributed by atoms with Crippen LogP contribution in [0.25, 0.3) is 0 Å². The van der Waals surface area contributed by atoms with E-state index in [0.29, 0.717) is 18.0 Å². The Labute approximate surface area is 139 Å². The third-order valence-corrected chi connectivity index (χ3v) is 5.92. The van der Waals surface area contributed by atoms with Gasteiger partial charge >= 0.3 is 0 Å². The summed E-state index contributed by atoms with van der Waals surface area (Å²) in [6.07, 6.45) is 0.911. The van der Waals surface area contributed by atoms with Crippen LogP contribution in [-0.2, 0) is 4.79 Å². The lowest BCUT2D eigenvalue weighted by Crippen LogP contribution is -2.32. The first-order valence-corrected chi connectivity index (χ1v) is 9.02. The average Bonchev–Trinajstić information content (AvgIpc) is 3.25. The lowest BCUT2D eigenvalue weighted by molar-refractivity contribution is -0.132. The van der Waals surface area contributed by atoms with E-state index in [1.807, 2.05) is 29.2 Å². The van der Waals surface area contributed by atoms with Crippen molar-refractivity contribution in [3.05, 3.63) is 71.5 Å². The van der Waals surface area contributed by atoms with Crippen LogP contribution in [0.2, 0.25) is 0 Å². The second-order valence-corrected chi connectivity index (χ2v) is 7.32. The van der Waals surface area contributed by atoms with Crippen molar-refractivity contribution in [3.8, 4) is 0 Å². The van der Waals surface area contributed by atoms with Gasteiger partial charge in [-0.1, -0.05) is 48.5 Å². The molecule has 2 aromatic carbocycles. The molecule has 1 aliphatic heterocycles. The Morgan fingerprint density at radius 2 is 1.83 bits per heavy atom. The normalized spacial score (nSPS) is 26.3. The summed E-state index contributed by atoms with van der Waals surface area (Å²) in [5.41, 5.74) is 1.86. The average molecular weight is 327 g/mol. The van der Waals surface area contributed by atoms with Crippen molar-refractivity contribution in [2.75, 3.05) is 12.3 Å². The molecule has 2 aromatic rings. The monoisotopic (exact) mass is 327 g/mol. The second kappa shape index (κ2) is 6.00. The fraction of sp³-hybridized carbons (Fsp3) is 0.316. The van der Waals surface area contributed by atoms with Crippen LogP contribution in [0.3, 0.4) is 0 Å². The van der Waals surface area contributed by atoms with E-state index in [2.05, 4.69) is 12.1 Å². The largest absolute Gasteiger partial charge is 0.325 e. The summed E-state index contributed by atoms with van der Waals surface area (Å²) >= 11 is 1.65. The van der Waals surface area contributed by atoms with E-state index in [1.165, 1.54) is 11.6 Å². The molecule has 1 heterocycles. The quantitative estimate of drug-likeness (QED) is 0.842. The first-order chi connectivity index (χ1) is 11.3. The number of rotatable bonds is 3. The maximum Gasteiger partial charge on any atom is 0.227 e. The smallest absolute Gasteiger partial charge is 0.227 e. The molecule has 1 saturated carbocycles. The number of nitrogens with zero attached hydrogens (tertiary/aromatic N) is 1. The first-order valence-electron chi connectivity index (χ1n) is 7.97. The molecule has 2 aliphatic rings. The van der Waals surface area contributed by atoms with E-state index < -0.39 is 0 Å². The van der Waals surface area contributed by atoms with Gasteiger partial charge in [-0.05, 0) is 24.0 Å². The minimum atomic E-state index is -0.222. The van der Waals surface area contributed by atoms with Gasteiger partial charge in [0, 0.05) is 23.8 Å². The van der Waals surface area contributed by atoms with Crippen LogP contribution in [-0.4, -0.2) is 23.1 Å². The molecule has 0 bridgehead atoms. The maximum atomic E-state index is 14.1. The number of halogens is 1. The summed E-state index contributed by atoms with van der Waals surface area (Å²) in [6, 6.07) is 17.0. The van der Waals surface area contributed by atoms with Gasteiger partial charge in [-0.2, -0.15) is 0 Å². The van der Waals surface area contributed by atoms with E-state index in [4.69, 9.17) is 0 Å². The Morgan fingerprint density at radius 3 is 2.61 bits per heavy atom. The van der Waals surface area contributed by atoms with Crippen molar-refractivity contribution in [2.45, 2.75) is 17.7 Å². The highest BCUT2D eigenvalue weighted by Gasteiger charge is 2.48. The van der Waals surface area contributed by atoms with Gasteiger partial charge in [0.2, 0.25) is 5.91 Å². The van der Waals surface area contributed by atoms with Gasteiger partial charge in [-0.15, -0.1) is 11.8 Å². The number of amides is 1. The Morgan fingerprint density at radius 1 is 1.09 bits per heavy atom. The highest BCUT2D eigenvalue weighted by Crippen LogP contribution is 2.51. The molecule has 3 atom stereocenters. The maximum absolute atomic E-state index is 14.1. The minimum absolute atomic E-state index is 0.0605. The van der Waals surface area contributed by atoms with Crippen LogP contribution in [0, 0.1) is 11.7 Å². The van der Waals surface area contributed by atoms with Crippen molar-refractivity contribution >= 4 is 17.7 Å². The Kier molecular flexibility index (Phi) is 3.85. The van der Waals surface area contributed by atoms with Crippen LogP contribution in [0.1, 0.15) is 28.8 Å². The number of carbonyl (C=O) groups is 1. The molecule has 118 valence electrons. The van der Waals surface area contributed by atoms with Gasteiger partial charge in [0.25, 0.3) is 0 Å². The summed E-state index contributed by atoms with van der Waals surface area (Å²) in [5.74, 6) is 1.21. The molecule has 0 N–H and O–H groups in total. The van der Waals surface area contributed by atoms with Crippen LogP contribution in [0.15, 0.2) is 54.6 Å². The zero-order valence-corrected chi connectivity index (χ0v) is 13.5. The molecular weight excluding hydrogens is 309 g/mol. The van der Waals surface area contributed by atoms with E-state index in [0.717, 1.165) is 12.2 Å². The highest BCUT2D eigenvalue weighted by molar-refractivity contribution is 7.99. The van der Waals surface area contributed by atoms with Crippen LogP contribution in [0.5, 0.6) is 0 Å². The van der Waals surface area contributed by atoms with Gasteiger partial charge in [0.05, 0.1) is 0 Å². The fourth-order valence-electron chi connectivity index (χ4n) is 3.38. The molecule has 0 unspecified atom stereocenters. The Balaban J connectivity index is 1.52. The van der Waals surface area contributed by atoms with Crippen molar-refractivity contribution in [3.63, 3.8) is 0 Å². The summed E-state index contributed by atoms with van der Waals surface area (Å²) < 4.78 is 14.1. The second-order valence-electron chi connectivity index (χ2n) is 6.14. The lowest BCUT2D eigenvalue weighted by Gasteiger charge is -2.24. The Bertz CT molecular complexity index is 720. The number of carbonyl (C=O) groups excluding carboxylic acids is 1. The first kappa shape index (κ1) is 14.8. The summed E-state index contributed by atoms with van der Waals surface area (Å²) in [7, 11) is 0. The van der Waals surface area contributed by atoms with Crippen LogP contribution in [0.4, 0.5) is 4.39 Å². The lowest BCUT2D eigenvalue weighted by atomic mass is 10.1. The third kappa shape index (κ3) is 2.76. The van der Waals surface area contributed by atoms with E-state index >= 15 is 0 Å². The highest BCUT2D eigenvalue weighted by atomic mass is 32.2. The molecule has 1 aliphatic carbocycles. The van der Waals surface area contributed by atoms with E-state index in [9.17, 15) is 9.18 Å². The molecular formula is C19H18FNOS. The third-order valence-electron chi connectivity index (χ3n) is 4.68. The van der Waals surface area contributed by atoms with Gasteiger partial charge in [0.1, 0.15) is 11.2 Å². The Hall–Kier alpha value is -1.81. The molecule has 0 aromatic heterocycles. The van der Waals surface area contributed by atoms with E-state index in [1.54, 1.807) is 23.9 Å². The van der Waals surface area contributed by atoms with Crippen LogP contribution >= 0.6 is 11.8 Å². The zero-order valence-electron chi connectivity index (χ0n) is 12.7. The molecule has 4 heteroatoms. The van der Waals surface area contributed by atoms with Crippen molar-refractivity contribution < 1.29 is 9.18 Å². The van der Waals surface area contributed by atoms with E-state index in [-0.39, 0.29) is 23.0 Å². The SMILES string of the molecule is O=C([C@@H]1C[C@H]1c1ccccc1)N1CCS[C@H]1c1ccccc1F. The predicted molar refractivity (Wildman–Crippen MR) is 90.6 cm³/mol. The van der Waals surface area contributed by atoms with Crippen molar-refractivity contribution in [1.29, 1.82) is 0 Å². The molecule has 4 rings (SSSR count). The van der Waals surface area contributed by atoms with Crippen LogP contribution < -0.4 is 0 Å². The molecule has 1 amide bonds. The summed E-state index contributed by atoms with van der Waals surface area (Å²) in [6.45, 7) is 0.709. The fourth-order valence-corrected chi connectivity index (χ4v) is 4.66. The summed E-state index contributed by atoms with van der Waals surface area (Å²) in [5, 5.41) is -0.180. The number of hydrogen-bond donors (Lipinski definition) is 0. The molecule has 2 nitrogen and oxygen atoms in total. The minimum Gasteiger partial charge on any atom is -0.325 e. The molecule has 0 radical (unpaired) electrons. The van der Waals surface area contributed by atoms with Crippen molar-refractivity contribution in [1.82, 2.24) is 4.90 Å². The predicted octanol–water partition coefficient (Wildman–Crippen LogP) is 4.20. The molecule has 2 fully saturated rings. The van der Waals surface area contributed by atoms with Crippen molar-refractivity contribution in [2.24, 2.45) is 5.92 Å². The number of hydrogen-bond acceptors (Lipinski definition) is 2. The van der Waals surface area contributed by atoms with Gasteiger partial charge in [0.15, 0.2) is 0 Å². The summed E-state index contributed by atoms with van der Waals surface area (Å²) in [4.78, 5) is 14.7. The molecule has 23 heavy (non-hydrogen) atoms. The number of thioether (sulfide) groups is 1. The van der Waals surface area contributed by atoms with Gasteiger partial charge in [-0.3, -0.25) is 4.79 Å². The number of benzene rings is 2. The molecule has 0 spiro atoms. The van der Waals surface area contributed by atoms with Gasteiger partial charge in [-0.25, -0.2) is 4.39 Å². The zero-order chi connectivity index (χ0) is 15.8. The molecule has 1 saturated heterocycles. The van der Waals surface area contributed by atoms with Gasteiger partial charge < -0.3 is 4.90 Å². The standard InChI is InChI=1S/C19H18FNOS/c20-17-9-5-4-8-14(17)19-21(10-11-23-19)18(22)16-12-15(16)13-6-2-1-3-7-13/h1-9,15-16,19H,10-12H2/t15-,16+,19-/m0/s1. The topological polar surface area (TPSA) is 20.3 Å².